The molecule has 0 aliphatic carbocycles. The maximum atomic E-state index is 3.38. The summed E-state index contributed by atoms with van der Waals surface area (Å²) in [5.41, 5.74) is 6.70. The molecule has 2 heteroatoms. The van der Waals surface area contributed by atoms with Crippen molar-refractivity contribution in [1.82, 2.24) is 0 Å². The molecule has 0 aliphatic heterocycles. The molecule has 0 radical (unpaired) electrons. The van der Waals surface area contributed by atoms with Gasteiger partial charge in [0.15, 0.2) is 0 Å². The van der Waals surface area contributed by atoms with E-state index in [1.165, 1.54) is 0 Å². The standard InChI is InChI=1S/C9H13PSi/c1-11(2,3)9-8-10-6-4-5-7-10/h4-7H,1-3H3. The van der Waals surface area contributed by atoms with E-state index in [0.29, 0.717) is 0 Å². The van der Waals surface area contributed by atoms with E-state index in [1.54, 1.807) is 0 Å². The van der Waals surface area contributed by atoms with Crippen LogP contribution in [0.15, 0.2) is 23.7 Å². The molecule has 0 bridgehead atoms. The van der Waals surface area contributed by atoms with Gasteiger partial charge in [-0.15, -0.1) is 5.54 Å². The van der Waals surface area contributed by atoms with E-state index in [4.69, 9.17) is 0 Å². The van der Waals surface area contributed by atoms with Gasteiger partial charge in [0.2, 0.25) is 0 Å². The Morgan fingerprint density at radius 2 is 1.64 bits per heavy atom. The lowest BCUT2D eigenvalue weighted by molar-refractivity contribution is 1.82. The minimum atomic E-state index is -1.14. The fourth-order valence-corrected chi connectivity index (χ4v) is 3.32. The Hall–Kier alpha value is -0.443. The van der Waals surface area contributed by atoms with Gasteiger partial charge in [0, 0.05) is 0 Å². The first-order valence-electron chi connectivity index (χ1n) is 3.74. The maximum absolute atomic E-state index is 3.38. The molecule has 0 saturated heterocycles. The summed E-state index contributed by atoms with van der Waals surface area (Å²) in [4.78, 5) is 0. The maximum Gasteiger partial charge on any atom is 0.130 e. The summed E-state index contributed by atoms with van der Waals surface area (Å²) in [6.45, 7) is 6.83. The number of hydrogen-bond donors (Lipinski definition) is 0. The second kappa shape index (κ2) is 3.30. The Morgan fingerprint density at radius 1 is 1.09 bits per heavy atom. The van der Waals surface area contributed by atoms with E-state index in [9.17, 15) is 0 Å². The largest absolute Gasteiger partial charge is 0.130 e. The van der Waals surface area contributed by atoms with Crippen molar-refractivity contribution in [3.63, 3.8) is 0 Å². The average molecular weight is 180 g/mol. The van der Waals surface area contributed by atoms with Gasteiger partial charge in [0.25, 0.3) is 0 Å². The lowest BCUT2D eigenvalue weighted by atomic mass is 10.7. The third kappa shape index (κ3) is 3.46. The molecule has 1 aromatic rings. The Kier molecular flexibility index (Phi) is 2.60. The van der Waals surface area contributed by atoms with Crippen LogP contribution in [-0.2, 0) is 0 Å². The van der Waals surface area contributed by atoms with Crippen molar-refractivity contribution >= 4 is 15.6 Å². The van der Waals surface area contributed by atoms with Crippen LogP contribution in [0.1, 0.15) is 0 Å². The highest BCUT2D eigenvalue weighted by Crippen LogP contribution is 2.24. The highest BCUT2D eigenvalue weighted by molar-refractivity contribution is 7.54. The van der Waals surface area contributed by atoms with Crippen LogP contribution in [0, 0.1) is 11.2 Å². The number of rotatable bonds is 0. The Bertz CT molecular complexity index is 269. The molecule has 0 amide bonds. The van der Waals surface area contributed by atoms with Crippen molar-refractivity contribution < 1.29 is 0 Å². The monoisotopic (exact) mass is 180 g/mol. The van der Waals surface area contributed by atoms with E-state index >= 15 is 0 Å². The van der Waals surface area contributed by atoms with Crippen molar-refractivity contribution in [1.29, 1.82) is 0 Å². The predicted molar refractivity (Wildman–Crippen MR) is 55.7 cm³/mol. The first-order valence-corrected chi connectivity index (χ1v) is 8.72. The summed E-state index contributed by atoms with van der Waals surface area (Å²) < 4.78 is 0. The molecule has 0 nitrogen and oxygen atoms in total. The minimum Gasteiger partial charge on any atom is -0.123 e. The van der Waals surface area contributed by atoms with Crippen molar-refractivity contribution in [2.24, 2.45) is 0 Å². The zero-order valence-corrected chi connectivity index (χ0v) is 9.15. The van der Waals surface area contributed by atoms with E-state index < -0.39 is 8.07 Å². The van der Waals surface area contributed by atoms with Crippen molar-refractivity contribution in [2.75, 3.05) is 0 Å². The predicted octanol–water partition coefficient (Wildman–Crippen LogP) is 3.36. The van der Waals surface area contributed by atoms with Gasteiger partial charge in [-0.05, 0) is 19.1 Å². The molecule has 1 heterocycles. The Labute approximate surface area is 70.7 Å². The lowest BCUT2D eigenvalue weighted by Gasteiger charge is -2.02. The summed E-state index contributed by atoms with van der Waals surface area (Å²) in [6.07, 6.45) is 0. The van der Waals surface area contributed by atoms with E-state index in [-0.39, 0.29) is 7.53 Å². The summed E-state index contributed by atoms with van der Waals surface area (Å²) in [5.74, 6) is 4.39. The molecule has 58 valence electrons. The van der Waals surface area contributed by atoms with Crippen molar-refractivity contribution in [3.8, 4) is 11.2 Å². The van der Waals surface area contributed by atoms with Crippen LogP contribution in [0.25, 0.3) is 0 Å². The van der Waals surface area contributed by atoms with Gasteiger partial charge in [0.05, 0.1) is 0 Å². The Morgan fingerprint density at radius 3 is 2.09 bits per heavy atom. The van der Waals surface area contributed by atoms with E-state index in [0.717, 1.165) is 0 Å². The highest BCUT2D eigenvalue weighted by Gasteiger charge is 2.07. The molecule has 0 saturated carbocycles. The average Bonchev–Trinajstić information content (AvgIpc) is 2.32. The van der Waals surface area contributed by atoms with Crippen LogP contribution >= 0.6 is 7.53 Å². The van der Waals surface area contributed by atoms with Gasteiger partial charge in [-0.1, -0.05) is 37.4 Å². The summed E-state index contributed by atoms with van der Waals surface area (Å²) in [5, 5.41) is 0. The first kappa shape index (κ1) is 8.65. The van der Waals surface area contributed by atoms with Crippen LogP contribution in [0.3, 0.4) is 0 Å². The molecule has 1 rings (SSSR count). The van der Waals surface area contributed by atoms with Gasteiger partial charge in [-0.2, -0.15) is 0 Å². The first-order chi connectivity index (χ1) is 5.08. The molecule has 0 aliphatic rings. The zero-order valence-electron chi connectivity index (χ0n) is 7.26. The molecular formula is C9H13PSi. The van der Waals surface area contributed by atoms with Crippen LogP contribution in [0.2, 0.25) is 19.6 Å². The van der Waals surface area contributed by atoms with Crippen molar-refractivity contribution in [3.05, 3.63) is 23.7 Å². The fraction of sp³-hybridized carbons (Fsp3) is 0.333. The third-order valence-corrected chi connectivity index (χ3v) is 3.61. The second-order valence-electron chi connectivity index (χ2n) is 3.58. The van der Waals surface area contributed by atoms with Gasteiger partial charge in [-0.25, -0.2) is 0 Å². The van der Waals surface area contributed by atoms with Crippen LogP contribution < -0.4 is 0 Å². The smallest absolute Gasteiger partial charge is 0.123 e. The zero-order chi connectivity index (χ0) is 8.32. The summed E-state index contributed by atoms with van der Waals surface area (Å²) in [7, 11) is -1.33. The van der Waals surface area contributed by atoms with Crippen LogP contribution in [-0.4, -0.2) is 8.07 Å². The topological polar surface area (TPSA) is 0 Å². The quantitative estimate of drug-likeness (QED) is 0.424. The molecule has 0 aromatic carbocycles. The molecule has 0 fully saturated rings. The molecule has 11 heavy (non-hydrogen) atoms. The van der Waals surface area contributed by atoms with Gasteiger partial charge in [0.1, 0.15) is 8.07 Å². The molecule has 0 atom stereocenters. The molecular weight excluding hydrogens is 167 g/mol. The van der Waals surface area contributed by atoms with E-state index in [1.807, 2.05) is 0 Å². The third-order valence-electron chi connectivity index (χ3n) is 1.16. The van der Waals surface area contributed by atoms with Crippen LogP contribution in [0.4, 0.5) is 0 Å². The molecule has 1 aromatic heterocycles. The van der Waals surface area contributed by atoms with Gasteiger partial charge >= 0.3 is 0 Å². The fourth-order valence-electron chi connectivity index (χ4n) is 0.641. The SMILES string of the molecule is C[Si](C)(C)C#Cp1cccc1. The Balaban J connectivity index is 2.74. The number of hydrogen-bond acceptors (Lipinski definition) is 0. The molecule has 0 N–H and O–H groups in total. The van der Waals surface area contributed by atoms with Crippen molar-refractivity contribution in [2.45, 2.75) is 19.6 Å². The van der Waals surface area contributed by atoms with Gasteiger partial charge in [-0.3, -0.25) is 0 Å². The minimum absolute atomic E-state index is 0.197. The molecule has 0 spiro atoms. The van der Waals surface area contributed by atoms with Gasteiger partial charge < -0.3 is 0 Å². The lowest BCUT2D eigenvalue weighted by Crippen LogP contribution is -2.15. The highest BCUT2D eigenvalue weighted by atomic mass is 31.1. The van der Waals surface area contributed by atoms with E-state index in [2.05, 4.69) is 54.6 Å². The van der Waals surface area contributed by atoms with Crippen LogP contribution in [0.5, 0.6) is 0 Å². The second-order valence-corrected chi connectivity index (χ2v) is 9.96. The summed E-state index contributed by atoms with van der Waals surface area (Å²) in [6, 6.07) is 4.18. The normalized spacial score (nSPS) is 10.5. The summed E-state index contributed by atoms with van der Waals surface area (Å²) >= 11 is 0. The molecule has 0 unspecified atom stereocenters.